The van der Waals surface area contributed by atoms with E-state index in [9.17, 15) is 10.1 Å². The minimum Gasteiger partial charge on any atom is -0.444 e. The van der Waals surface area contributed by atoms with Crippen molar-refractivity contribution < 1.29 is 9.53 Å². The fraction of sp³-hybridized carbons (Fsp3) is 0.486. The predicted octanol–water partition coefficient (Wildman–Crippen LogP) is 7.97. The quantitative estimate of drug-likeness (QED) is 0.173. The smallest absolute Gasteiger partial charge is 0.410 e. The molecule has 2 fully saturated rings. The Bertz CT molecular complexity index is 1360. The second kappa shape index (κ2) is 12.8. The van der Waals surface area contributed by atoms with Crippen LogP contribution >= 0.6 is 0 Å². The second-order valence-corrected chi connectivity index (χ2v) is 12.5. The predicted molar refractivity (Wildman–Crippen MR) is 168 cm³/mol. The van der Waals surface area contributed by atoms with E-state index in [1.165, 1.54) is 5.57 Å². The average Bonchev–Trinajstić information content (AvgIpc) is 3.67. The molecule has 1 atom stereocenters. The molecule has 0 radical (unpaired) electrons. The third-order valence-corrected chi connectivity index (χ3v) is 7.85. The van der Waals surface area contributed by atoms with E-state index in [1.807, 2.05) is 39.8 Å². The summed E-state index contributed by atoms with van der Waals surface area (Å²) < 4.78 is 5.65. The van der Waals surface area contributed by atoms with E-state index in [2.05, 4.69) is 63.6 Å². The van der Waals surface area contributed by atoms with Crippen LogP contribution in [0.2, 0.25) is 0 Å². The van der Waals surface area contributed by atoms with Gasteiger partial charge in [0.25, 0.3) is 0 Å². The van der Waals surface area contributed by atoms with Gasteiger partial charge in [-0.2, -0.15) is 5.26 Å². The lowest BCUT2D eigenvalue weighted by molar-refractivity contribution is 0.0101. The zero-order valence-corrected chi connectivity index (χ0v) is 26.2. The van der Waals surface area contributed by atoms with Crippen LogP contribution in [0.25, 0.3) is 0 Å². The van der Waals surface area contributed by atoms with Crippen molar-refractivity contribution in [1.82, 2.24) is 9.80 Å². The third kappa shape index (κ3) is 7.90. The number of hydrogen-bond acceptors (Lipinski definition) is 5. The monoisotopic (exact) mass is 554 g/mol. The number of ether oxygens (including phenoxy) is 1. The van der Waals surface area contributed by atoms with Gasteiger partial charge in [0.15, 0.2) is 0 Å². The highest BCUT2D eigenvalue weighted by molar-refractivity contribution is 6.06. The Labute approximate surface area is 247 Å². The Morgan fingerprint density at radius 3 is 2.54 bits per heavy atom. The van der Waals surface area contributed by atoms with Crippen LogP contribution < -0.4 is 0 Å². The van der Waals surface area contributed by atoms with Crippen molar-refractivity contribution in [2.45, 2.75) is 86.3 Å². The van der Waals surface area contributed by atoms with Crippen molar-refractivity contribution in [3.8, 4) is 6.07 Å². The molecule has 1 saturated carbocycles. The molecule has 2 aliphatic carbocycles. The molecule has 0 aromatic heterocycles. The molecule has 6 nitrogen and oxygen atoms in total. The summed E-state index contributed by atoms with van der Waals surface area (Å²) in [5.41, 5.74) is 10.5. The van der Waals surface area contributed by atoms with Crippen LogP contribution in [0, 0.1) is 16.7 Å². The summed E-state index contributed by atoms with van der Waals surface area (Å²) in [5.74, 6) is 0. The Morgan fingerprint density at radius 2 is 2.00 bits per heavy atom. The molecule has 1 heterocycles. The Kier molecular flexibility index (Phi) is 9.89. The van der Waals surface area contributed by atoms with Gasteiger partial charge < -0.3 is 14.5 Å². The van der Waals surface area contributed by atoms with Crippen LogP contribution in [0.3, 0.4) is 0 Å². The highest BCUT2D eigenvalue weighted by Gasteiger charge is 2.44. The summed E-state index contributed by atoms with van der Waals surface area (Å²) in [6, 6.07) is 2.34. The first-order valence-corrected chi connectivity index (χ1v) is 14.5. The van der Waals surface area contributed by atoms with Gasteiger partial charge in [0.1, 0.15) is 5.60 Å². The van der Waals surface area contributed by atoms with E-state index in [1.54, 1.807) is 17.2 Å². The second-order valence-electron chi connectivity index (χ2n) is 12.5. The number of rotatable bonds is 8. The number of amides is 1. The van der Waals surface area contributed by atoms with Gasteiger partial charge in [0.05, 0.1) is 17.4 Å². The summed E-state index contributed by atoms with van der Waals surface area (Å²) in [6.07, 6.45) is 11.8. The van der Waals surface area contributed by atoms with E-state index < -0.39 is 5.60 Å². The largest absolute Gasteiger partial charge is 0.444 e. The lowest BCUT2D eigenvalue weighted by Gasteiger charge is -2.43. The molecule has 0 spiro atoms. The van der Waals surface area contributed by atoms with Crippen molar-refractivity contribution in [1.29, 1.82) is 5.26 Å². The molecule has 3 aliphatic rings. The molecular weight excluding hydrogens is 508 g/mol. The van der Waals surface area contributed by atoms with Crippen LogP contribution in [0.5, 0.6) is 0 Å². The van der Waals surface area contributed by atoms with Crippen LogP contribution in [-0.4, -0.2) is 52.9 Å². The summed E-state index contributed by atoms with van der Waals surface area (Å²) >= 11 is 0. The lowest BCUT2D eigenvalue weighted by Crippen LogP contribution is -2.54. The molecule has 0 N–H and O–H groups in total. The van der Waals surface area contributed by atoms with Gasteiger partial charge in [-0.05, 0) is 95.6 Å². The van der Waals surface area contributed by atoms with Gasteiger partial charge in [-0.25, -0.2) is 4.79 Å². The molecule has 1 saturated heterocycles. The van der Waals surface area contributed by atoms with Crippen molar-refractivity contribution in [3.63, 3.8) is 0 Å². The molecule has 6 heteroatoms. The van der Waals surface area contributed by atoms with E-state index in [0.29, 0.717) is 31.6 Å². The van der Waals surface area contributed by atoms with E-state index >= 15 is 0 Å². The Balaban J connectivity index is 2.02. The van der Waals surface area contributed by atoms with Crippen LogP contribution in [0.15, 0.2) is 93.5 Å². The van der Waals surface area contributed by atoms with Crippen LogP contribution in [0.4, 0.5) is 4.79 Å². The zero-order chi connectivity index (χ0) is 30.5. The topological polar surface area (TPSA) is 68.9 Å². The minimum atomic E-state index is -0.529. The maximum Gasteiger partial charge on any atom is 0.410 e. The molecule has 0 aromatic rings. The number of hydrogen-bond donors (Lipinski definition) is 0. The molecule has 218 valence electrons. The average molecular weight is 555 g/mol. The molecule has 0 unspecified atom stereocenters. The number of carbonyl (C=O) groups is 1. The number of allylic oxidation sites excluding steroid dienone is 10. The van der Waals surface area contributed by atoms with E-state index in [0.717, 1.165) is 46.5 Å². The molecule has 1 aliphatic heterocycles. The highest BCUT2D eigenvalue weighted by atomic mass is 16.6. The van der Waals surface area contributed by atoms with Crippen molar-refractivity contribution in [2.75, 3.05) is 19.6 Å². The van der Waals surface area contributed by atoms with Crippen LogP contribution in [0.1, 0.15) is 74.7 Å². The normalized spacial score (nSPS) is 21.5. The maximum absolute atomic E-state index is 12.8. The van der Waals surface area contributed by atoms with Crippen molar-refractivity contribution in [3.05, 3.63) is 88.5 Å². The summed E-state index contributed by atoms with van der Waals surface area (Å²) in [5, 5.41) is 9.57. The first-order chi connectivity index (χ1) is 19.2. The fourth-order valence-electron chi connectivity index (χ4n) is 5.48. The Hall–Kier alpha value is -3.81. The highest BCUT2D eigenvalue weighted by Crippen LogP contribution is 2.54. The maximum atomic E-state index is 12.8. The van der Waals surface area contributed by atoms with Gasteiger partial charge in [-0.15, -0.1) is 5.73 Å². The van der Waals surface area contributed by atoms with Gasteiger partial charge in [-0.1, -0.05) is 32.2 Å². The number of aliphatic imine (C=N–C) groups is 1. The van der Waals surface area contributed by atoms with E-state index in [4.69, 9.17) is 9.73 Å². The fourth-order valence-corrected chi connectivity index (χ4v) is 5.48. The van der Waals surface area contributed by atoms with Crippen molar-refractivity contribution >= 4 is 11.8 Å². The first kappa shape index (κ1) is 31.7. The molecule has 1 amide bonds. The summed E-state index contributed by atoms with van der Waals surface area (Å²) in [4.78, 5) is 21.8. The first-order valence-electron chi connectivity index (χ1n) is 14.5. The number of piperazine rings is 1. The molecule has 0 bridgehead atoms. The van der Waals surface area contributed by atoms with Gasteiger partial charge in [0, 0.05) is 55.1 Å². The molecule has 41 heavy (non-hydrogen) atoms. The molecule has 3 rings (SSSR count). The minimum absolute atomic E-state index is 0.0894. The summed E-state index contributed by atoms with van der Waals surface area (Å²) in [6.45, 7) is 26.6. The summed E-state index contributed by atoms with van der Waals surface area (Å²) in [7, 11) is 0. The third-order valence-electron chi connectivity index (χ3n) is 7.85. The van der Waals surface area contributed by atoms with Gasteiger partial charge in [0.2, 0.25) is 0 Å². The van der Waals surface area contributed by atoms with Crippen molar-refractivity contribution in [2.24, 2.45) is 10.4 Å². The zero-order valence-electron chi connectivity index (χ0n) is 26.2. The SMILES string of the molecule is C=CN=C(CC(=C)C1=C=C(C)C=CC(C#N)=C1)C(/C(=C\C)C1(C)CC1)=C(\C)N1CCN(C(=O)OC(C)(C)C)C[C@@H]1C. The number of nitrogens with zero attached hydrogens (tertiary/aromatic N) is 4. The van der Waals surface area contributed by atoms with Gasteiger partial charge in [-0.3, -0.25) is 4.99 Å². The number of nitriles is 1. The van der Waals surface area contributed by atoms with Gasteiger partial charge >= 0.3 is 6.09 Å². The number of carbonyl (C=O) groups excluding carboxylic acids is 1. The Morgan fingerprint density at radius 1 is 1.32 bits per heavy atom. The van der Waals surface area contributed by atoms with E-state index in [-0.39, 0.29) is 17.6 Å². The standard InChI is InChI=1S/C35H46N4O2/c1-11-30(35(10)15-16-35)32(27(6)39-18-17-38(23-26(39)5)33(40)41-34(7,8)9)31(37-12-2)20-25(4)29-19-24(3)13-14-28(21-29)22-36/h11-14,21,26H,2,4,15-18,20,23H2,1,3,5-10H3/b30-11+,32-27+,37-31?/t26-/m0/s1. The lowest BCUT2D eigenvalue weighted by atomic mass is 9.84. The molecular formula is C35H46N4O2. The molecule has 0 aromatic carbocycles. The van der Waals surface area contributed by atoms with Crippen LogP contribution in [-0.2, 0) is 4.74 Å².